The second kappa shape index (κ2) is 5.08. The average Bonchev–Trinajstić information content (AvgIpc) is 3.16. The predicted octanol–water partition coefficient (Wildman–Crippen LogP) is 1.71. The van der Waals surface area contributed by atoms with Crippen molar-refractivity contribution < 1.29 is 18.8 Å². The van der Waals surface area contributed by atoms with Crippen LogP contribution in [0.2, 0.25) is 0 Å². The topological polar surface area (TPSA) is 79.6 Å². The van der Waals surface area contributed by atoms with Gasteiger partial charge in [-0.25, -0.2) is 0 Å². The van der Waals surface area contributed by atoms with Crippen LogP contribution in [-0.2, 0) is 16.1 Å². The Morgan fingerprint density at radius 2 is 2.00 bits per heavy atom. The van der Waals surface area contributed by atoms with Crippen LogP contribution in [0.15, 0.2) is 41.2 Å². The molecule has 3 amide bonds. The van der Waals surface area contributed by atoms with Gasteiger partial charge in [0.2, 0.25) is 11.8 Å². The smallest absolute Gasteiger partial charge is 0.255 e. The van der Waals surface area contributed by atoms with Crippen LogP contribution in [0.1, 0.15) is 28.8 Å². The number of benzene rings is 1. The second-order valence-electron chi connectivity index (χ2n) is 5.78. The van der Waals surface area contributed by atoms with Crippen LogP contribution < -0.4 is 5.32 Å². The lowest BCUT2D eigenvalue weighted by Gasteiger charge is -2.29. The Bertz CT molecular complexity index is 810. The lowest BCUT2D eigenvalue weighted by atomic mass is 10.0. The molecule has 1 unspecified atom stereocenters. The van der Waals surface area contributed by atoms with E-state index in [2.05, 4.69) is 5.32 Å². The third kappa shape index (κ3) is 2.23. The summed E-state index contributed by atoms with van der Waals surface area (Å²) in [6.45, 7) is 0.395. The number of nitrogens with zero attached hydrogens (tertiary/aromatic N) is 1. The van der Waals surface area contributed by atoms with Crippen molar-refractivity contribution in [2.24, 2.45) is 0 Å². The third-order valence-electron chi connectivity index (χ3n) is 4.38. The summed E-state index contributed by atoms with van der Waals surface area (Å²) in [7, 11) is 0. The first-order valence-electron chi connectivity index (χ1n) is 7.43. The maximum absolute atomic E-state index is 12.7. The van der Waals surface area contributed by atoms with Crippen LogP contribution in [0.4, 0.5) is 0 Å². The molecule has 0 radical (unpaired) electrons. The lowest BCUT2D eigenvalue weighted by Crippen LogP contribution is -2.52. The highest BCUT2D eigenvalue weighted by molar-refractivity contribution is 6.05. The van der Waals surface area contributed by atoms with Gasteiger partial charge < -0.3 is 9.32 Å². The van der Waals surface area contributed by atoms with Gasteiger partial charge in [0.25, 0.3) is 5.91 Å². The van der Waals surface area contributed by atoms with Crippen LogP contribution >= 0.6 is 0 Å². The lowest BCUT2D eigenvalue weighted by molar-refractivity contribution is -0.136. The van der Waals surface area contributed by atoms with Crippen molar-refractivity contribution in [2.75, 3.05) is 0 Å². The summed E-state index contributed by atoms with van der Waals surface area (Å²) in [5.41, 5.74) is 3.30. The predicted molar refractivity (Wildman–Crippen MR) is 80.2 cm³/mol. The molecule has 0 aliphatic carbocycles. The van der Waals surface area contributed by atoms with Crippen molar-refractivity contribution in [3.05, 3.63) is 47.9 Å². The summed E-state index contributed by atoms with van der Waals surface area (Å²) in [6, 6.07) is 6.92. The fraction of sp³-hybridized carbons (Fsp3) is 0.235. The number of fused-ring (bicyclic) bond motifs is 1. The largest absolute Gasteiger partial charge is 0.472 e. The molecule has 0 saturated carbocycles. The number of amides is 3. The molecular formula is C17H14N2O4. The van der Waals surface area contributed by atoms with E-state index in [0.29, 0.717) is 18.5 Å². The third-order valence-corrected chi connectivity index (χ3v) is 4.38. The number of carbonyl (C=O) groups is 3. The van der Waals surface area contributed by atoms with Crippen molar-refractivity contribution in [2.45, 2.75) is 25.4 Å². The molecule has 1 aromatic heterocycles. The molecule has 116 valence electrons. The van der Waals surface area contributed by atoms with E-state index in [-0.39, 0.29) is 18.2 Å². The van der Waals surface area contributed by atoms with Gasteiger partial charge in [-0.15, -0.1) is 0 Å². The first-order valence-corrected chi connectivity index (χ1v) is 7.43. The number of piperidine rings is 1. The molecule has 6 nitrogen and oxygen atoms in total. The Balaban J connectivity index is 1.63. The van der Waals surface area contributed by atoms with Crippen LogP contribution in [0.3, 0.4) is 0 Å². The van der Waals surface area contributed by atoms with Crippen molar-refractivity contribution in [1.29, 1.82) is 0 Å². The number of rotatable bonds is 2. The molecular weight excluding hydrogens is 296 g/mol. The van der Waals surface area contributed by atoms with Crippen molar-refractivity contribution in [1.82, 2.24) is 10.2 Å². The van der Waals surface area contributed by atoms with Gasteiger partial charge in [0, 0.05) is 24.1 Å². The minimum atomic E-state index is -0.579. The van der Waals surface area contributed by atoms with Crippen molar-refractivity contribution in [3.63, 3.8) is 0 Å². The minimum absolute atomic E-state index is 0.167. The summed E-state index contributed by atoms with van der Waals surface area (Å²) in [4.78, 5) is 37.5. The fourth-order valence-electron chi connectivity index (χ4n) is 3.16. The van der Waals surface area contributed by atoms with E-state index in [1.807, 2.05) is 24.3 Å². The molecule has 0 spiro atoms. The van der Waals surface area contributed by atoms with Crippen LogP contribution in [0, 0.1) is 0 Å². The van der Waals surface area contributed by atoms with Crippen LogP contribution in [-0.4, -0.2) is 28.7 Å². The van der Waals surface area contributed by atoms with Gasteiger partial charge >= 0.3 is 0 Å². The monoisotopic (exact) mass is 310 g/mol. The first kappa shape index (κ1) is 13.8. The number of hydrogen-bond acceptors (Lipinski definition) is 4. The number of imide groups is 1. The highest BCUT2D eigenvalue weighted by Crippen LogP contribution is 2.31. The fourth-order valence-corrected chi connectivity index (χ4v) is 3.16. The van der Waals surface area contributed by atoms with Gasteiger partial charge in [-0.1, -0.05) is 12.1 Å². The van der Waals surface area contributed by atoms with Crippen molar-refractivity contribution >= 4 is 17.7 Å². The Morgan fingerprint density at radius 3 is 2.74 bits per heavy atom. The Morgan fingerprint density at radius 1 is 1.13 bits per heavy atom. The zero-order chi connectivity index (χ0) is 16.0. The number of hydrogen-bond donors (Lipinski definition) is 1. The standard InChI is InChI=1S/C17H14N2O4/c20-15-4-3-14(16(21)18-15)19-8-11-2-1-10(7-13(11)17(19)22)12-5-6-23-9-12/h1-2,5-7,9,14H,3-4,8H2,(H,18,20,21). The van der Waals surface area contributed by atoms with E-state index in [0.717, 1.165) is 16.7 Å². The Kier molecular flexibility index (Phi) is 3.04. The summed E-state index contributed by atoms with van der Waals surface area (Å²) in [5.74, 6) is -0.838. The van der Waals surface area contributed by atoms with Crippen LogP contribution in [0.5, 0.6) is 0 Å². The number of furan rings is 1. The van der Waals surface area contributed by atoms with E-state index < -0.39 is 11.9 Å². The molecule has 1 aromatic carbocycles. The molecule has 1 saturated heterocycles. The quantitative estimate of drug-likeness (QED) is 0.856. The molecule has 3 heterocycles. The number of nitrogens with one attached hydrogen (secondary N) is 1. The van der Waals surface area contributed by atoms with E-state index in [9.17, 15) is 14.4 Å². The maximum Gasteiger partial charge on any atom is 0.255 e. The molecule has 4 rings (SSSR count). The van der Waals surface area contributed by atoms with E-state index in [4.69, 9.17) is 4.42 Å². The van der Waals surface area contributed by atoms with E-state index >= 15 is 0 Å². The van der Waals surface area contributed by atoms with Gasteiger partial charge in [-0.3, -0.25) is 19.7 Å². The van der Waals surface area contributed by atoms with Gasteiger partial charge in [-0.05, 0) is 29.7 Å². The molecule has 2 aliphatic heterocycles. The highest BCUT2D eigenvalue weighted by Gasteiger charge is 2.39. The summed E-state index contributed by atoms with van der Waals surface area (Å²) < 4.78 is 5.08. The molecule has 2 aliphatic rings. The SMILES string of the molecule is O=C1CCC(N2Cc3ccc(-c4ccoc4)cc3C2=O)C(=O)N1. The molecule has 1 N–H and O–H groups in total. The molecule has 6 heteroatoms. The highest BCUT2D eigenvalue weighted by atomic mass is 16.3. The zero-order valence-electron chi connectivity index (χ0n) is 12.2. The average molecular weight is 310 g/mol. The first-order chi connectivity index (χ1) is 11.1. The van der Waals surface area contributed by atoms with Gasteiger partial charge in [0.1, 0.15) is 6.04 Å². The second-order valence-corrected chi connectivity index (χ2v) is 5.78. The summed E-state index contributed by atoms with van der Waals surface area (Å²) >= 11 is 0. The summed E-state index contributed by atoms with van der Waals surface area (Å²) in [6.07, 6.45) is 3.84. The van der Waals surface area contributed by atoms with Gasteiger partial charge in [0.15, 0.2) is 0 Å². The van der Waals surface area contributed by atoms with E-state index in [1.54, 1.807) is 17.4 Å². The Hall–Kier alpha value is -2.89. The van der Waals surface area contributed by atoms with Gasteiger partial charge in [-0.2, -0.15) is 0 Å². The Labute approximate surface area is 132 Å². The molecule has 0 bridgehead atoms. The zero-order valence-corrected chi connectivity index (χ0v) is 12.2. The molecule has 23 heavy (non-hydrogen) atoms. The van der Waals surface area contributed by atoms with Crippen molar-refractivity contribution in [3.8, 4) is 11.1 Å². The van der Waals surface area contributed by atoms with E-state index in [1.165, 1.54) is 0 Å². The van der Waals surface area contributed by atoms with Gasteiger partial charge in [0.05, 0.1) is 12.5 Å². The normalized spacial score (nSPS) is 20.6. The summed E-state index contributed by atoms with van der Waals surface area (Å²) in [5, 5.41) is 2.30. The molecule has 2 aromatic rings. The molecule has 1 fully saturated rings. The maximum atomic E-state index is 12.7. The number of carbonyl (C=O) groups excluding carboxylic acids is 3. The van der Waals surface area contributed by atoms with Crippen LogP contribution in [0.25, 0.3) is 11.1 Å². The molecule has 1 atom stereocenters. The minimum Gasteiger partial charge on any atom is -0.472 e.